The smallest absolute Gasteiger partial charge is 0.381 e. The Bertz CT molecular complexity index is 97.9. The Kier molecular flexibility index (Phi) is 1.94. The zero-order chi connectivity index (χ0) is 5.86. The summed E-state index contributed by atoms with van der Waals surface area (Å²) in [4.78, 5) is 17.6. The molecule has 5 nitrogen and oxygen atoms in total. The molecule has 0 radical (unpaired) electrons. The molecule has 0 saturated carbocycles. The van der Waals surface area contributed by atoms with Crippen molar-refractivity contribution >= 4 is 5.91 Å². The van der Waals surface area contributed by atoms with Crippen LogP contribution < -0.4 is 0 Å². The van der Waals surface area contributed by atoms with Crippen LogP contribution in [-0.2, 0) is 4.79 Å². The Morgan fingerprint density at radius 3 is 2.29 bits per heavy atom. The summed E-state index contributed by atoms with van der Waals surface area (Å²) in [7, 11) is 0. The van der Waals surface area contributed by atoms with Crippen LogP contribution in [-0.4, -0.2) is 22.5 Å². The molecule has 0 bridgehead atoms. The van der Waals surface area contributed by atoms with Crippen LogP contribution >= 0.6 is 0 Å². The molecule has 0 heterocycles. The van der Waals surface area contributed by atoms with Gasteiger partial charge in [0, 0.05) is 0 Å². The van der Waals surface area contributed by atoms with Gasteiger partial charge in [0.2, 0.25) is 0 Å². The highest BCUT2D eigenvalue weighted by atomic mass is 16.6. The fourth-order valence-corrected chi connectivity index (χ4v) is 0.0577. The molecule has 0 aromatic carbocycles. The van der Waals surface area contributed by atoms with E-state index in [1.165, 1.54) is 0 Å². The van der Waals surface area contributed by atoms with Crippen molar-refractivity contribution in [3.63, 3.8) is 0 Å². The number of nitro groups is 1. The van der Waals surface area contributed by atoms with E-state index in [0.29, 0.717) is 0 Å². The van der Waals surface area contributed by atoms with Gasteiger partial charge in [-0.1, -0.05) is 0 Å². The summed E-state index contributed by atoms with van der Waals surface area (Å²) < 4.78 is 0. The summed E-state index contributed by atoms with van der Waals surface area (Å²) in [5.74, 6) is -1.37. The molecule has 7 heavy (non-hydrogen) atoms. The molecule has 0 aliphatic rings. The number of aliphatic hydroxyl groups excluding tert-OH is 1. The third-order valence-electron chi connectivity index (χ3n) is 0.339. The minimum Gasteiger partial charge on any atom is -0.381 e. The minimum atomic E-state index is -1.37. The Morgan fingerprint density at radius 2 is 2.29 bits per heavy atom. The van der Waals surface area contributed by atoms with E-state index < -0.39 is 17.4 Å². The Hall–Kier alpha value is -0.970. The van der Waals surface area contributed by atoms with Gasteiger partial charge in [0.05, 0.1) is 0 Å². The third kappa shape index (κ3) is 1.83. The van der Waals surface area contributed by atoms with Crippen LogP contribution in [0, 0.1) is 10.1 Å². The topological polar surface area (TPSA) is 80.4 Å². The first kappa shape index (κ1) is 6.03. The molecule has 1 N–H and O–H groups in total. The highest BCUT2D eigenvalue weighted by Crippen LogP contribution is 1.67. The van der Waals surface area contributed by atoms with Crippen LogP contribution in [0.2, 0.25) is 0 Å². The maximum atomic E-state index is 9.56. The first-order valence-electron chi connectivity index (χ1n) is 1.46. The lowest BCUT2D eigenvalue weighted by atomic mass is 10.7. The average molecular weight is 105 g/mol. The summed E-state index contributed by atoms with van der Waals surface area (Å²) in [6, 6.07) is 0. The molecular formula is C2H3NO4. The number of nitrogens with zero attached hydrogens (tertiary/aromatic N) is 1. The van der Waals surface area contributed by atoms with Gasteiger partial charge in [-0.2, -0.15) is 0 Å². The molecule has 0 fully saturated rings. The van der Waals surface area contributed by atoms with E-state index in [1.54, 1.807) is 0 Å². The zero-order valence-corrected chi connectivity index (χ0v) is 3.33. The summed E-state index contributed by atoms with van der Waals surface area (Å²) in [6.07, 6.45) is 0. The number of carbonyl (C=O) groups excluding carboxylic acids is 1. The zero-order valence-electron chi connectivity index (χ0n) is 3.33. The van der Waals surface area contributed by atoms with E-state index in [0.717, 1.165) is 0 Å². The molecule has 0 saturated heterocycles. The molecule has 0 atom stereocenters. The highest BCUT2D eigenvalue weighted by Gasteiger charge is 2.09. The normalized spacial score (nSPS) is 8.14. The molecule has 0 spiro atoms. The SMILES string of the molecule is O=C(CO)[N+](=O)[O-]. The third-order valence-corrected chi connectivity index (χ3v) is 0.339. The fourth-order valence-electron chi connectivity index (χ4n) is 0.0577. The number of hydrogen-bond donors (Lipinski definition) is 1. The van der Waals surface area contributed by atoms with E-state index in [9.17, 15) is 14.9 Å². The molecular weight excluding hydrogens is 102 g/mol. The van der Waals surface area contributed by atoms with E-state index >= 15 is 0 Å². The van der Waals surface area contributed by atoms with Crippen LogP contribution in [0.1, 0.15) is 0 Å². The monoisotopic (exact) mass is 105 g/mol. The van der Waals surface area contributed by atoms with E-state index in [2.05, 4.69) is 0 Å². The summed E-state index contributed by atoms with van der Waals surface area (Å²) in [6.45, 7) is -1.02. The van der Waals surface area contributed by atoms with Crippen LogP contribution in [0.3, 0.4) is 0 Å². The van der Waals surface area contributed by atoms with Gasteiger partial charge in [-0.3, -0.25) is 10.1 Å². The first-order valence-corrected chi connectivity index (χ1v) is 1.46. The van der Waals surface area contributed by atoms with Gasteiger partial charge in [-0.25, -0.2) is 4.79 Å². The van der Waals surface area contributed by atoms with E-state index in [1.807, 2.05) is 0 Å². The quantitative estimate of drug-likeness (QED) is 0.335. The van der Waals surface area contributed by atoms with Crippen molar-refractivity contribution in [1.29, 1.82) is 0 Å². The van der Waals surface area contributed by atoms with Crippen LogP contribution in [0.5, 0.6) is 0 Å². The largest absolute Gasteiger partial charge is 0.469 e. The number of rotatable bonds is 1. The minimum absolute atomic E-state index is 1.02. The van der Waals surface area contributed by atoms with Crippen LogP contribution in [0.4, 0.5) is 0 Å². The second-order valence-electron chi connectivity index (χ2n) is 0.809. The van der Waals surface area contributed by atoms with Crippen molar-refractivity contribution in [2.45, 2.75) is 0 Å². The van der Waals surface area contributed by atoms with Gasteiger partial charge in [0.15, 0.2) is 6.61 Å². The summed E-state index contributed by atoms with van der Waals surface area (Å²) >= 11 is 0. The van der Waals surface area contributed by atoms with Gasteiger partial charge in [0.1, 0.15) is 4.92 Å². The van der Waals surface area contributed by atoms with Crippen molar-refractivity contribution in [1.82, 2.24) is 0 Å². The molecule has 40 valence electrons. The van der Waals surface area contributed by atoms with Gasteiger partial charge in [-0.05, 0) is 0 Å². The lowest BCUT2D eigenvalue weighted by molar-refractivity contribution is -0.404. The number of amides is 1. The lowest BCUT2D eigenvalue weighted by Gasteiger charge is -1.78. The van der Waals surface area contributed by atoms with Crippen LogP contribution in [0.15, 0.2) is 0 Å². The van der Waals surface area contributed by atoms with Crippen molar-refractivity contribution in [2.24, 2.45) is 0 Å². The molecule has 0 rings (SSSR count). The highest BCUT2D eigenvalue weighted by molar-refractivity contribution is 5.67. The maximum Gasteiger partial charge on any atom is 0.469 e. The Balaban J connectivity index is 3.58. The standard InChI is InChI=1S/C2H3NO4/c4-1-2(5)3(6)7/h4H,1H2. The van der Waals surface area contributed by atoms with Crippen molar-refractivity contribution in [3.05, 3.63) is 10.1 Å². The second kappa shape index (κ2) is 2.25. The van der Waals surface area contributed by atoms with E-state index in [-0.39, 0.29) is 0 Å². The first-order chi connectivity index (χ1) is 3.18. The molecule has 0 unspecified atom stereocenters. The van der Waals surface area contributed by atoms with Crippen molar-refractivity contribution < 1.29 is 14.8 Å². The molecule has 5 heteroatoms. The fraction of sp³-hybridized carbons (Fsp3) is 0.500. The van der Waals surface area contributed by atoms with Gasteiger partial charge in [-0.15, -0.1) is 0 Å². The Labute approximate surface area is 38.7 Å². The molecule has 1 amide bonds. The molecule has 0 aliphatic heterocycles. The van der Waals surface area contributed by atoms with Gasteiger partial charge >= 0.3 is 5.91 Å². The number of aliphatic hydroxyl groups is 1. The molecule has 0 aliphatic carbocycles. The molecule has 0 aromatic heterocycles. The predicted octanol–water partition coefficient (Wildman–Crippen LogP) is -1.22. The van der Waals surface area contributed by atoms with Crippen LogP contribution in [0.25, 0.3) is 0 Å². The number of carbonyl (C=O) groups is 1. The predicted molar refractivity (Wildman–Crippen MR) is 19.1 cm³/mol. The second-order valence-corrected chi connectivity index (χ2v) is 0.809. The lowest BCUT2D eigenvalue weighted by Crippen LogP contribution is -2.14. The summed E-state index contributed by atoms with van der Waals surface area (Å²) in [5.41, 5.74) is 0. The summed E-state index contributed by atoms with van der Waals surface area (Å²) in [5, 5.41) is 16.9. The van der Waals surface area contributed by atoms with Crippen molar-refractivity contribution in [3.8, 4) is 0 Å². The van der Waals surface area contributed by atoms with Crippen molar-refractivity contribution in [2.75, 3.05) is 6.61 Å². The number of hydrogen-bond acceptors (Lipinski definition) is 4. The van der Waals surface area contributed by atoms with Gasteiger partial charge in [0.25, 0.3) is 0 Å². The van der Waals surface area contributed by atoms with Gasteiger partial charge < -0.3 is 5.11 Å². The van der Waals surface area contributed by atoms with E-state index in [4.69, 9.17) is 5.11 Å². The molecule has 0 aromatic rings. The average Bonchev–Trinajstić information content (AvgIpc) is 1.65. The Morgan fingerprint density at radius 1 is 1.86 bits per heavy atom. The maximum absolute atomic E-state index is 9.56.